The minimum Gasteiger partial charge on any atom is -0.381 e. The van der Waals surface area contributed by atoms with Gasteiger partial charge in [-0.15, -0.1) is 0 Å². The first-order valence-corrected chi connectivity index (χ1v) is 8.69. The van der Waals surface area contributed by atoms with E-state index in [0.29, 0.717) is 12.6 Å². The Morgan fingerprint density at radius 1 is 1.23 bits per heavy atom. The van der Waals surface area contributed by atoms with Crippen LogP contribution in [0.1, 0.15) is 53.4 Å². The summed E-state index contributed by atoms with van der Waals surface area (Å²) in [6, 6.07) is 0.424. The lowest BCUT2D eigenvalue weighted by Crippen LogP contribution is -2.45. The summed E-state index contributed by atoms with van der Waals surface area (Å²) in [5.41, 5.74) is -0.165. The number of hydrogen-bond donors (Lipinski definition) is 2. The lowest BCUT2D eigenvalue weighted by molar-refractivity contribution is -0.0828. The smallest absolute Gasteiger partial charge is 0.191 e. The molecule has 0 bridgehead atoms. The number of ether oxygens (including phenoxy) is 2. The summed E-state index contributed by atoms with van der Waals surface area (Å²) in [7, 11) is 1.78. The van der Waals surface area contributed by atoms with E-state index in [-0.39, 0.29) is 5.60 Å². The second-order valence-electron chi connectivity index (χ2n) is 6.71. The Kier molecular flexibility index (Phi) is 8.79. The number of methoxy groups -OCH3 is 1. The number of guanidine groups is 1. The topological polar surface area (TPSA) is 54.9 Å². The first-order valence-electron chi connectivity index (χ1n) is 8.69. The van der Waals surface area contributed by atoms with Crippen LogP contribution in [-0.4, -0.2) is 51.0 Å². The lowest BCUT2D eigenvalue weighted by atomic mass is 9.94. The number of rotatable bonds is 8. The second-order valence-corrected chi connectivity index (χ2v) is 6.71. The molecule has 1 saturated heterocycles. The maximum Gasteiger partial charge on any atom is 0.191 e. The van der Waals surface area contributed by atoms with E-state index in [0.717, 1.165) is 50.9 Å². The lowest BCUT2D eigenvalue weighted by Gasteiger charge is -2.34. The van der Waals surface area contributed by atoms with Crippen LogP contribution in [0.4, 0.5) is 0 Å². The van der Waals surface area contributed by atoms with Crippen molar-refractivity contribution in [2.24, 2.45) is 10.9 Å². The van der Waals surface area contributed by atoms with Gasteiger partial charge in [0.05, 0.1) is 12.1 Å². The Hall–Kier alpha value is -0.810. The molecule has 2 N–H and O–H groups in total. The number of nitrogens with one attached hydrogen (secondary N) is 2. The zero-order valence-corrected chi connectivity index (χ0v) is 15.1. The predicted octanol–water partition coefficient (Wildman–Crippen LogP) is 2.56. The Morgan fingerprint density at radius 2 is 1.91 bits per heavy atom. The highest BCUT2D eigenvalue weighted by Gasteiger charge is 2.32. The van der Waals surface area contributed by atoms with Gasteiger partial charge < -0.3 is 20.1 Å². The summed E-state index contributed by atoms with van der Waals surface area (Å²) >= 11 is 0. The van der Waals surface area contributed by atoms with Crippen LogP contribution in [-0.2, 0) is 9.47 Å². The molecule has 1 aliphatic rings. The van der Waals surface area contributed by atoms with Crippen LogP contribution in [0.2, 0.25) is 0 Å². The molecule has 0 radical (unpaired) electrons. The van der Waals surface area contributed by atoms with E-state index in [2.05, 4.69) is 38.3 Å². The van der Waals surface area contributed by atoms with Crippen LogP contribution < -0.4 is 10.6 Å². The van der Waals surface area contributed by atoms with Crippen molar-refractivity contribution in [3.63, 3.8) is 0 Å². The third-order valence-corrected chi connectivity index (χ3v) is 4.27. The molecule has 5 nitrogen and oxygen atoms in total. The third kappa shape index (κ3) is 6.97. The summed E-state index contributed by atoms with van der Waals surface area (Å²) in [5.74, 6) is 1.63. The van der Waals surface area contributed by atoms with E-state index in [1.165, 1.54) is 6.42 Å². The third-order valence-electron chi connectivity index (χ3n) is 4.27. The minimum atomic E-state index is -0.165. The molecule has 0 aromatic rings. The van der Waals surface area contributed by atoms with Gasteiger partial charge in [-0.1, -0.05) is 13.8 Å². The molecule has 1 fully saturated rings. The Labute approximate surface area is 136 Å². The van der Waals surface area contributed by atoms with Gasteiger partial charge in [0.1, 0.15) is 0 Å². The molecular weight excluding hydrogens is 278 g/mol. The Bertz CT molecular complexity index is 326. The first kappa shape index (κ1) is 19.2. The van der Waals surface area contributed by atoms with E-state index >= 15 is 0 Å². The van der Waals surface area contributed by atoms with Crippen LogP contribution in [0, 0.1) is 5.92 Å². The predicted molar refractivity (Wildman–Crippen MR) is 92.4 cm³/mol. The van der Waals surface area contributed by atoms with Gasteiger partial charge >= 0.3 is 0 Å². The molecule has 5 heteroatoms. The SMILES string of the molecule is CCNC(=NCC1(OC)CCOCC1)NC(C)CCC(C)C. The van der Waals surface area contributed by atoms with Crippen molar-refractivity contribution in [2.45, 2.75) is 65.0 Å². The van der Waals surface area contributed by atoms with Gasteiger partial charge in [-0.05, 0) is 32.6 Å². The fraction of sp³-hybridized carbons (Fsp3) is 0.941. The molecule has 1 rings (SSSR count). The van der Waals surface area contributed by atoms with Gasteiger partial charge in [-0.2, -0.15) is 0 Å². The van der Waals surface area contributed by atoms with Gasteiger partial charge in [0.15, 0.2) is 5.96 Å². The zero-order chi connectivity index (χ0) is 16.4. The van der Waals surface area contributed by atoms with Gasteiger partial charge in [0.25, 0.3) is 0 Å². The molecule has 1 aliphatic heterocycles. The van der Waals surface area contributed by atoms with E-state index in [4.69, 9.17) is 14.5 Å². The molecule has 130 valence electrons. The van der Waals surface area contributed by atoms with Crippen LogP contribution in [0.5, 0.6) is 0 Å². The van der Waals surface area contributed by atoms with Crippen molar-refractivity contribution in [3.05, 3.63) is 0 Å². The largest absolute Gasteiger partial charge is 0.381 e. The zero-order valence-electron chi connectivity index (χ0n) is 15.1. The van der Waals surface area contributed by atoms with Crippen molar-refractivity contribution in [1.29, 1.82) is 0 Å². The highest BCUT2D eigenvalue weighted by atomic mass is 16.5. The van der Waals surface area contributed by atoms with Crippen molar-refractivity contribution < 1.29 is 9.47 Å². The normalized spacial score (nSPS) is 20.0. The number of aliphatic imine (C=N–C) groups is 1. The monoisotopic (exact) mass is 313 g/mol. The minimum absolute atomic E-state index is 0.165. The molecule has 0 amide bonds. The maximum atomic E-state index is 5.75. The first-order chi connectivity index (χ1) is 10.5. The number of nitrogens with zero attached hydrogens (tertiary/aromatic N) is 1. The molecule has 0 saturated carbocycles. The van der Waals surface area contributed by atoms with Crippen LogP contribution >= 0.6 is 0 Å². The second kappa shape index (κ2) is 10.1. The average Bonchev–Trinajstić information content (AvgIpc) is 2.52. The van der Waals surface area contributed by atoms with Gasteiger partial charge in [0.2, 0.25) is 0 Å². The van der Waals surface area contributed by atoms with Crippen molar-refractivity contribution in [3.8, 4) is 0 Å². The van der Waals surface area contributed by atoms with Gasteiger partial charge in [-0.25, -0.2) is 0 Å². The fourth-order valence-corrected chi connectivity index (χ4v) is 2.60. The molecule has 0 aromatic carbocycles. The molecule has 1 atom stereocenters. The highest BCUT2D eigenvalue weighted by molar-refractivity contribution is 5.80. The summed E-state index contributed by atoms with van der Waals surface area (Å²) in [4.78, 5) is 4.76. The van der Waals surface area contributed by atoms with E-state index in [1.807, 2.05) is 0 Å². The quantitative estimate of drug-likeness (QED) is 0.534. The van der Waals surface area contributed by atoms with Crippen LogP contribution in [0.15, 0.2) is 4.99 Å². The summed E-state index contributed by atoms with van der Waals surface area (Å²) in [6.07, 6.45) is 4.21. The van der Waals surface area contributed by atoms with Crippen molar-refractivity contribution in [2.75, 3.05) is 33.4 Å². The molecule has 0 aliphatic carbocycles. The summed E-state index contributed by atoms with van der Waals surface area (Å²) in [5, 5.41) is 6.84. The van der Waals surface area contributed by atoms with Crippen molar-refractivity contribution >= 4 is 5.96 Å². The number of hydrogen-bond acceptors (Lipinski definition) is 3. The van der Waals surface area contributed by atoms with Gasteiger partial charge in [0, 0.05) is 45.8 Å². The standard InChI is InChI=1S/C17H35N3O2/c1-6-18-16(20-15(4)8-7-14(2)3)19-13-17(21-5)9-11-22-12-10-17/h14-15H,6-13H2,1-5H3,(H2,18,19,20). The molecule has 1 heterocycles. The summed E-state index contributed by atoms with van der Waals surface area (Å²) in [6.45, 7) is 11.9. The molecule has 0 spiro atoms. The Balaban J connectivity index is 2.56. The van der Waals surface area contributed by atoms with Crippen LogP contribution in [0.3, 0.4) is 0 Å². The molecule has 1 unspecified atom stereocenters. The molecule has 0 aromatic heterocycles. The summed E-state index contributed by atoms with van der Waals surface area (Å²) < 4.78 is 11.2. The average molecular weight is 313 g/mol. The van der Waals surface area contributed by atoms with Crippen molar-refractivity contribution in [1.82, 2.24) is 10.6 Å². The van der Waals surface area contributed by atoms with E-state index < -0.39 is 0 Å². The maximum absolute atomic E-state index is 5.75. The fourth-order valence-electron chi connectivity index (χ4n) is 2.60. The molecule has 22 heavy (non-hydrogen) atoms. The Morgan fingerprint density at radius 3 is 2.45 bits per heavy atom. The van der Waals surface area contributed by atoms with Gasteiger partial charge in [-0.3, -0.25) is 4.99 Å². The van der Waals surface area contributed by atoms with Crippen LogP contribution in [0.25, 0.3) is 0 Å². The molecular formula is C17H35N3O2. The highest BCUT2D eigenvalue weighted by Crippen LogP contribution is 2.24. The van der Waals surface area contributed by atoms with E-state index in [9.17, 15) is 0 Å². The van der Waals surface area contributed by atoms with E-state index in [1.54, 1.807) is 7.11 Å².